The Bertz CT molecular complexity index is 564. The molecule has 0 saturated carbocycles. The summed E-state index contributed by atoms with van der Waals surface area (Å²) < 4.78 is 32.4. The van der Waals surface area contributed by atoms with Crippen molar-refractivity contribution in [1.29, 1.82) is 0 Å². The molecule has 0 aliphatic heterocycles. The Labute approximate surface area is 111 Å². The monoisotopic (exact) mass is 263 g/mol. The first-order chi connectivity index (χ1) is 9.13. The van der Waals surface area contributed by atoms with Crippen LogP contribution in [0.5, 0.6) is 5.75 Å². The van der Waals surface area contributed by atoms with Crippen molar-refractivity contribution in [2.24, 2.45) is 0 Å². The largest absolute Gasteiger partial charge is 0.494 e. The molecule has 2 nitrogen and oxygen atoms in total. The molecule has 0 radical (unpaired) electrons. The predicted octanol–water partition coefficient (Wildman–Crippen LogP) is 3.89. The summed E-state index contributed by atoms with van der Waals surface area (Å²) in [6.07, 6.45) is 0. The maximum absolute atomic E-state index is 13.9. The molecule has 2 rings (SSSR count). The summed E-state index contributed by atoms with van der Waals surface area (Å²) in [7, 11) is 1.41. The molecule has 0 amide bonds. The highest BCUT2D eigenvalue weighted by atomic mass is 19.1. The lowest BCUT2D eigenvalue weighted by molar-refractivity contribution is 0.384. The third kappa shape index (κ3) is 2.84. The molecule has 0 saturated heterocycles. The predicted molar refractivity (Wildman–Crippen MR) is 71.4 cm³/mol. The van der Waals surface area contributed by atoms with Crippen LogP contribution in [0.3, 0.4) is 0 Å². The van der Waals surface area contributed by atoms with Crippen molar-refractivity contribution in [2.45, 2.75) is 13.5 Å². The van der Waals surface area contributed by atoms with Gasteiger partial charge in [0.2, 0.25) is 0 Å². The summed E-state index contributed by atoms with van der Waals surface area (Å²) in [6.45, 7) is 2.00. The number of benzene rings is 2. The van der Waals surface area contributed by atoms with Gasteiger partial charge in [-0.25, -0.2) is 8.78 Å². The van der Waals surface area contributed by atoms with Crippen molar-refractivity contribution in [3.05, 3.63) is 59.2 Å². The van der Waals surface area contributed by atoms with Crippen molar-refractivity contribution in [1.82, 2.24) is 0 Å². The molecule has 0 bridgehead atoms. The van der Waals surface area contributed by atoms with E-state index in [1.807, 2.05) is 0 Å². The molecule has 0 aliphatic rings. The van der Waals surface area contributed by atoms with Gasteiger partial charge in [-0.05, 0) is 24.6 Å². The van der Waals surface area contributed by atoms with Gasteiger partial charge in [-0.1, -0.05) is 24.3 Å². The summed E-state index contributed by atoms with van der Waals surface area (Å²) in [5, 5.41) is 2.92. The van der Waals surface area contributed by atoms with Crippen LogP contribution in [0.4, 0.5) is 14.5 Å². The Morgan fingerprint density at radius 3 is 2.53 bits per heavy atom. The van der Waals surface area contributed by atoms with Gasteiger partial charge in [0.05, 0.1) is 12.8 Å². The van der Waals surface area contributed by atoms with Crippen LogP contribution in [-0.4, -0.2) is 7.11 Å². The fourth-order valence-corrected chi connectivity index (χ4v) is 1.89. The van der Waals surface area contributed by atoms with Gasteiger partial charge in [0.25, 0.3) is 0 Å². The van der Waals surface area contributed by atoms with E-state index in [1.165, 1.54) is 13.2 Å². The van der Waals surface area contributed by atoms with E-state index in [0.29, 0.717) is 11.3 Å². The number of aryl methyl sites for hydroxylation is 1. The molecule has 0 spiro atoms. The van der Waals surface area contributed by atoms with E-state index in [0.717, 1.165) is 5.56 Å². The summed E-state index contributed by atoms with van der Waals surface area (Å²) in [5.74, 6) is -0.584. The van der Waals surface area contributed by atoms with Crippen LogP contribution < -0.4 is 10.1 Å². The van der Waals surface area contributed by atoms with Gasteiger partial charge in [0.15, 0.2) is 11.6 Å². The molecule has 100 valence electrons. The second kappa shape index (κ2) is 5.69. The molecular weight excluding hydrogens is 248 g/mol. The highest BCUT2D eigenvalue weighted by Crippen LogP contribution is 2.23. The normalized spacial score (nSPS) is 10.3. The van der Waals surface area contributed by atoms with Gasteiger partial charge in [0.1, 0.15) is 5.82 Å². The first kappa shape index (κ1) is 13.3. The molecule has 2 aromatic rings. The Morgan fingerprint density at radius 1 is 1.11 bits per heavy atom. The zero-order valence-electron chi connectivity index (χ0n) is 10.8. The zero-order valence-corrected chi connectivity index (χ0v) is 10.8. The van der Waals surface area contributed by atoms with E-state index >= 15 is 0 Å². The molecule has 0 fully saturated rings. The van der Waals surface area contributed by atoms with Crippen LogP contribution >= 0.6 is 0 Å². The fourth-order valence-electron chi connectivity index (χ4n) is 1.89. The standard InChI is InChI=1S/C15H15F2NO/c1-10-5-3-7-12(16)15(10)18-9-11-6-4-8-13(19-2)14(11)17/h3-8,18H,9H2,1-2H3. The van der Waals surface area contributed by atoms with E-state index < -0.39 is 5.82 Å². The maximum Gasteiger partial charge on any atom is 0.170 e. The number of halogens is 2. The van der Waals surface area contributed by atoms with E-state index in [2.05, 4.69) is 5.32 Å². The summed E-state index contributed by atoms with van der Waals surface area (Å²) >= 11 is 0. The Balaban J connectivity index is 2.19. The lowest BCUT2D eigenvalue weighted by Crippen LogP contribution is -2.05. The lowest BCUT2D eigenvalue weighted by Gasteiger charge is -2.12. The third-order valence-corrected chi connectivity index (χ3v) is 2.94. The number of anilines is 1. The molecule has 0 heterocycles. The SMILES string of the molecule is COc1cccc(CNc2c(C)cccc2F)c1F. The molecular formula is C15H15F2NO. The molecule has 4 heteroatoms. The molecule has 2 aromatic carbocycles. The van der Waals surface area contributed by atoms with Crippen LogP contribution in [0.2, 0.25) is 0 Å². The van der Waals surface area contributed by atoms with Crippen LogP contribution in [0, 0.1) is 18.6 Å². The second-order valence-electron chi connectivity index (χ2n) is 4.22. The molecule has 0 unspecified atom stereocenters. The molecule has 0 atom stereocenters. The highest BCUT2D eigenvalue weighted by Gasteiger charge is 2.10. The number of para-hydroxylation sites is 1. The van der Waals surface area contributed by atoms with Crippen molar-refractivity contribution in [3.8, 4) is 5.75 Å². The zero-order chi connectivity index (χ0) is 13.8. The number of hydrogen-bond acceptors (Lipinski definition) is 2. The van der Waals surface area contributed by atoms with E-state index in [9.17, 15) is 8.78 Å². The second-order valence-corrected chi connectivity index (χ2v) is 4.22. The Hall–Kier alpha value is -2.10. The van der Waals surface area contributed by atoms with E-state index in [4.69, 9.17) is 4.74 Å². The van der Waals surface area contributed by atoms with Crippen LogP contribution in [0.1, 0.15) is 11.1 Å². The van der Waals surface area contributed by atoms with Crippen molar-refractivity contribution in [2.75, 3.05) is 12.4 Å². The van der Waals surface area contributed by atoms with Crippen LogP contribution in [0.15, 0.2) is 36.4 Å². The van der Waals surface area contributed by atoms with Gasteiger partial charge < -0.3 is 10.1 Å². The number of nitrogens with one attached hydrogen (secondary N) is 1. The number of methoxy groups -OCH3 is 1. The maximum atomic E-state index is 13.9. The van der Waals surface area contributed by atoms with Gasteiger partial charge in [-0.3, -0.25) is 0 Å². The Morgan fingerprint density at radius 2 is 1.84 bits per heavy atom. The van der Waals surface area contributed by atoms with Gasteiger partial charge in [-0.2, -0.15) is 0 Å². The topological polar surface area (TPSA) is 21.3 Å². The summed E-state index contributed by atoms with van der Waals surface area (Å²) in [6, 6.07) is 9.70. The summed E-state index contributed by atoms with van der Waals surface area (Å²) in [4.78, 5) is 0. The van der Waals surface area contributed by atoms with Crippen molar-refractivity contribution < 1.29 is 13.5 Å². The van der Waals surface area contributed by atoms with Crippen molar-refractivity contribution in [3.63, 3.8) is 0 Å². The number of hydrogen-bond donors (Lipinski definition) is 1. The number of ether oxygens (including phenoxy) is 1. The fraction of sp³-hybridized carbons (Fsp3) is 0.200. The molecule has 1 N–H and O–H groups in total. The lowest BCUT2D eigenvalue weighted by atomic mass is 10.1. The quantitative estimate of drug-likeness (QED) is 0.903. The number of rotatable bonds is 4. The minimum atomic E-state index is -0.425. The van der Waals surface area contributed by atoms with Gasteiger partial charge in [-0.15, -0.1) is 0 Å². The van der Waals surface area contributed by atoms with E-state index in [-0.39, 0.29) is 18.1 Å². The minimum absolute atomic E-state index is 0.185. The average molecular weight is 263 g/mol. The van der Waals surface area contributed by atoms with Crippen LogP contribution in [-0.2, 0) is 6.54 Å². The minimum Gasteiger partial charge on any atom is -0.494 e. The molecule has 19 heavy (non-hydrogen) atoms. The first-order valence-electron chi connectivity index (χ1n) is 5.94. The molecule has 0 aromatic heterocycles. The highest BCUT2D eigenvalue weighted by molar-refractivity contribution is 5.52. The Kier molecular flexibility index (Phi) is 4.00. The summed E-state index contributed by atoms with van der Waals surface area (Å²) in [5.41, 5.74) is 1.61. The smallest absolute Gasteiger partial charge is 0.170 e. The average Bonchev–Trinajstić information content (AvgIpc) is 2.40. The van der Waals surface area contributed by atoms with Crippen molar-refractivity contribution >= 4 is 5.69 Å². The first-order valence-corrected chi connectivity index (χ1v) is 5.94. The van der Waals surface area contributed by atoms with Gasteiger partial charge >= 0.3 is 0 Å². The molecule has 0 aliphatic carbocycles. The van der Waals surface area contributed by atoms with Gasteiger partial charge in [0, 0.05) is 12.1 Å². The van der Waals surface area contributed by atoms with Crippen LogP contribution in [0.25, 0.3) is 0 Å². The van der Waals surface area contributed by atoms with E-state index in [1.54, 1.807) is 37.3 Å². The third-order valence-electron chi connectivity index (χ3n) is 2.94.